The average molecular weight is 298 g/mol. The van der Waals surface area contributed by atoms with Crippen molar-refractivity contribution in [2.24, 2.45) is 0 Å². The summed E-state index contributed by atoms with van der Waals surface area (Å²) in [6, 6.07) is 7.52. The van der Waals surface area contributed by atoms with E-state index in [1.807, 2.05) is 12.1 Å². The molecule has 0 unspecified atom stereocenters. The highest BCUT2D eigenvalue weighted by Crippen LogP contribution is 2.21. The van der Waals surface area contributed by atoms with Crippen LogP contribution in [0.1, 0.15) is 31.2 Å². The Kier molecular flexibility index (Phi) is 6.39. The number of ether oxygens (including phenoxy) is 1. The molecular formula is C16H24F2N2O. The van der Waals surface area contributed by atoms with Crippen molar-refractivity contribution < 1.29 is 13.5 Å². The van der Waals surface area contributed by atoms with Crippen molar-refractivity contribution in [2.45, 2.75) is 44.9 Å². The lowest BCUT2D eigenvalue weighted by Gasteiger charge is -2.24. The molecule has 0 saturated heterocycles. The molecule has 0 atom stereocenters. The van der Waals surface area contributed by atoms with E-state index >= 15 is 0 Å². The standard InChI is InChI=1S/C16H24F2N2O/c1-20(14-4-2-3-5-14)11-10-19-12-13-6-8-15(9-7-13)21-16(17)18/h6-9,14,16,19H,2-5,10-12H2,1H3. The zero-order valence-electron chi connectivity index (χ0n) is 12.5. The van der Waals surface area contributed by atoms with Gasteiger partial charge in [-0.1, -0.05) is 25.0 Å². The number of benzene rings is 1. The van der Waals surface area contributed by atoms with Gasteiger partial charge in [0.25, 0.3) is 0 Å². The Morgan fingerprint density at radius 3 is 2.52 bits per heavy atom. The van der Waals surface area contributed by atoms with Crippen LogP contribution in [-0.2, 0) is 6.54 Å². The van der Waals surface area contributed by atoms with Gasteiger partial charge in [0.05, 0.1) is 0 Å². The van der Waals surface area contributed by atoms with E-state index in [0.717, 1.165) is 31.2 Å². The average Bonchev–Trinajstić information content (AvgIpc) is 2.99. The predicted octanol–water partition coefficient (Wildman–Crippen LogP) is 3.25. The van der Waals surface area contributed by atoms with Crippen LogP contribution in [0.2, 0.25) is 0 Å². The summed E-state index contributed by atoms with van der Waals surface area (Å²) in [4.78, 5) is 2.43. The zero-order chi connectivity index (χ0) is 15.1. The maximum Gasteiger partial charge on any atom is 0.387 e. The number of rotatable bonds is 8. The topological polar surface area (TPSA) is 24.5 Å². The summed E-state index contributed by atoms with van der Waals surface area (Å²) in [6.45, 7) is -0.0485. The summed E-state index contributed by atoms with van der Waals surface area (Å²) in [5.41, 5.74) is 1.07. The molecule has 1 aliphatic rings. The van der Waals surface area contributed by atoms with E-state index < -0.39 is 6.61 Å². The molecule has 0 aliphatic heterocycles. The van der Waals surface area contributed by atoms with E-state index in [4.69, 9.17) is 0 Å². The number of hydrogen-bond acceptors (Lipinski definition) is 3. The van der Waals surface area contributed by atoms with Crippen molar-refractivity contribution in [3.63, 3.8) is 0 Å². The van der Waals surface area contributed by atoms with Gasteiger partial charge in [0.15, 0.2) is 0 Å². The smallest absolute Gasteiger partial charge is 0.387 e. The summed E-state index contributed by atoms with van der Waals surface area (Å²) in [7, 11) is 2.19. The van der Waals surface area contributed by atoms with E-state index in [2.05, 4.69) is 22.0 Å². The summed E-state index contributed by atoms with van der Waals surface area (Å²) < 4.78 is 28.4. The molecule has 2 rings (SSSR count). The van der Waals surface area contributed by atoms with Gasteiger partial charge in [0.1, 0.15) is 5.75 Å². The van der Waals surface area contributed by atoms with Crippen LogP contribution in [0.4, 0.5) is 8.78 Å². The van der Waals surface area contributed by atoms with E-state index in [1.54, 1.807) is 12.1 Å². The van der Waals surface area contributed by atoms with E-state index in [9.17, 15) is 8.78 Å². The molecule has 21 heavy (non-hydrogen) atoms. The van der Waals surface area contributed by atoms with Crippen molar-refractivity contribution in [1.82, 2.24) is 10.2 Å². The van der Waals surface area contributed by atoms with Gasteiger partial charge >= 0.3 is 6.61 Å². The maximum absolute atomic E-state index is 12.0. The Hall–Kier alpha value is -1.20. The molecular weight excluding hydrogens is 274 g/mol. The minimum atomic E-state index is -2.76. The van der Waals surface area contributed by atoms with Gasteiger partial charge < -0.3 is 15.0 Å². The van der Waals surface area contributed by atoms with E-state index in [-0.39, 0.29) is 5.75 Å². The highest BCUT2D eigenvalue weighted by Gasteiger charge is 2.18. The third kappa shape index (κ3) is 5.59. The summed E-state index contributed by atoms with van der Waals surface area (Å²) in [6.07, 6.45) is 5.36. The third-order valence-electron chi connectivity index (χ3n) is 4.07. The molecule has 0 radical (unpaired) electrons. The molecule has 1 saturated carbocycles. The van der Waals surface area contributed by atoms with Gasteiger partial charge in [-0.15, -0.1) is 0 Å². The van der Waals surface area contributed by atoms with Crippen LogP contribution in [0.5, 0.6) is 5.75 Å². The fourth-order valence-corrected chi connectivity index (χ4v) is 2.80. The lowest BCUT2D eigenvalue weighted by molar-refractivity contribution is -0.0498. The molecule has 118 valence electrons. The molecule has 1 fully saturated rings. The first-order chi connectivity index (χ1) is 10.1. The second-order valence-electron chi connectivity index (χ2n) is 5.62. The van der Waals surface area contributed by atoms with Crippen molar-refractivity contribution in [1.29, 1.82) is 0 Å². The molecule has 0 aromatic heterocycles. The molecule has 5 heteroatoms. The van der Waals surface area contributed by atoms with Crippen LogP contribution in [0, 0.1) is 0 Å². The largest absolute Gasteiger partial charge is 0.435 e. The summed E-state index contributed by atoms with van der Waals surface area (Å²) >= 11 is 0. The number of halogens is 2. The molecule has 1 N–H and O–H groups in total. The minimum Gasteiger partial charge on any atom is -0.435 e. The number of nitrogens with one attached hydrogen (secondary N) is 1. The lowest BCUT2D eigenvalue weighted by Crippen LogP contribution is -2.35. The second-order valence-corrected chi connectivity index (χ2v) is 5.62. The Bertz CT molecular complexity index is 405. The van der Waals surface area contributed by atoms with Crippen LogP contribution in [-0.4, -0.2) is 37.7 Å². The Morgan fingerprint density at radius 2 is 1.90 bits per heavy atom. The van der Waals surface area contributed by atoms with E-state index in [1.165, 1.54) is 25.7 Å². The third-order valence-corrected chi connectivity index (χ3v) is 4.07. The fourth-order valence-electron chi connectivity index (χ4n) is 2.80. The monoisotopic (exact) mass is 298 g/mol. The number of nitrogens with zero attached hydrogens (tertiary/aromatic N) is 1. The maximum atomic E-state index is 12.0. The van der Waals surface area contributed by atoms with E-state index in [0.29, 0.717) is 0 Å². The van der Waals surface area contributed by atoms with Crippen LogP contribution >= 0.6 is 0 Å². The fraction of sp³-hybridized carbons (Fsp3) is 0.625. The van der Waals surface area contributed by atoms with Crippen LogP contribution < -0.4 is 10.1 Å². The van der Waals surface area contributed by atoms with Gasteiger partial charge in [-0.05, 0) is 37.6 Å². The number of hydrogen-bond donors (Lipinski definition) is 1. The molecule has 1 aromatic carbocycles. The highest BCUT2D eigenvalue weighted by molar-refractivity contribution is 5.27. The minimum absolute atomic E-state index is 0.203. The van der Waals surface area contributed by atoms with Crippen molar-refractivity contribution >= 4 is 0 Å². The molecule has 0 bridgehead atoms. The van der Waals surface area contributed by atoms with Crippen molar-refractivity contribution in [2.75, 3.05) is 20.1 Å². The Balaban J connectivity index is 1.64. The van der Waals surface area contributed by atoms with Gasteiger partial charge in [-0.3, -0.25) is 0 Å². The molecule has 0 spiro atoms. The van der Waals surface area contributed by atoms with Crippen molar-refractivity contribution in [3.05, 3.63) is 29.8 Å². The second kappa shape index (κ2) is 8.29. The first-order valence-electron chi connectivity index (χ1n) is 7.60. The lowest BCUT2D eigenvalue weighted by atomic mass is 10.2. The molecule has 0 amide bonds. The number of alkyl halides is 2. The summed E-state index contributed by atoms with van der Waals surface area (Å²) in [5, 5.41) is 3.39. The van der Waals surface area contributed by atoms with Crippen LogP contribution in [0.3, 0.4) is 0 Å². The predicted molar refractivity (Wildman–Crippen MR) is 79.7 cm³/mol. The highest BCUT2D eigenvalue weighted by atomic mass is 19.3. The molecule has 3 nitrogen and oxygen atoms in total. The van der Waals surface area contributed by atoms with Crippen molar-refractivity contribution in [3.8, 4) is 5.75 Å². The molecule has 1 aromatic rings. The molecule has 1 aliphatic carbocycles. The number of likely N-dealkylation sites (N-methyl/N-ethyl adjacent to an activating group) is 1. The van der Waals surface area contributed by atoms with Gasteiger partial charge in [-0.25, -0.2) is 0 Å². The van der Waals surface area contributed by atoms with Crippen LogP contribution in [0.15, 0.2) is 24.3 Å². The Morgan fingerprint density at radius 1 is 1.24 bits per heavy atom. The Labute approximate surface area is 125 Å². The van der Waals surface area contributed by atoms with Gasteiger partial charge in [0.2, 0.25) is 0 Å². The van der Waals surface area contributed by atoms with Gasteiger partial charge in [-0.2, -0.15) is 8.78 Å². The van der Waals surface area contributed by atoms with Gasteiger partial charge in [0, 0.05) is 25.7 Å². The normalized spacial score (nSPS) is 16.0. The molecule has 0 heterocycles. The first kappa shape index (κ1) is 16.2. The zero-order valence-corrected chi connectivity index (χ0v) is 12.5. The quantitative estimate of drug-likeness (QED) is 0.746. The van der Waals surface area contributed by atoms with Crippen LogP contribution in [0.25, 0.3) is 0 Å². The summed E-state index contributed by atoms with van der Waals surface area (Å²) in [5.74, 6) is 0.203. The SMILES string of the molecule is CN(CCNCc1ccc(OC(F)F)cc1)C1CCCC1. The first-order valence-corrected chi connectivity index (χ1v) is 7.60.